The first-order valence-corrected chi connectivity index (χ1v) is 10.6. The van der Waals surface area contributed by atoms with Crippen molar-refractivity contribution in [2.75, 3.05) is 6.54 Å². The summed E-state index contributed by atoms with van der Waals surface area (Å²) in [6.45, 7) is 2.78. The Bertz CT molecular complexity index is 375. The van der Waals surface area contributed by atoms with Gasteiger partial charge in [0.1, 0.15) is 0 Å². The molecule has 1 aliphatic rings. The van der Waals surface area contributed by atoms with Gasteiger partial charge in [-0.05, 0) is 24.7 Å². The molecule has 1 fully saturated rings. The lowest BCUT2D eigenvalue weighted by Gasteiger charge is -2.36. The zero-order valence-electron chi connectivity index (χ0n) is 16.3. The standard InChI is InChI=1S/C21H39NO3/c1-2-3-4-5-6-7-8-9-11-14-19(23)22-18-21(17-20(24)25)15-12-10-13-16-21/h2-18H2,1H3,(H,22,23)(H,24,25). The Balaban J connectivity index is 2.09. The molecule has 1 saturated carbocycles. The third-order valence-electron chi connectivity index (χ3n) is 5.61. The zero-order chi connectivity index (χ0) is 18.4. The second kappa shape index (κ2) is 13.2. The third-order valence-corrected chi connectivity index (χ3v) is 5.61. The highest BCUT2D eigenvalue weighted by molar-refractivity contribution is 5.76. The summed E-state index contributed by atoms with van der Waals surface area (Å²) in [6.07, 6.45) is 17.2. The normalized spacial score (nSPS) is 16.5. The number of amides is 1. The summed E-state index contributed by atoms with van der Waals surface area (Å²) >= 11 is 0. The van der Waals surface area contributed by atoms with Gasteiger partial charge < -0.3 is 10.4 Å². The average molecular weight is 354 g/mol. The van der Waals surface area contributed by atoms with Gasteiger partial charge in [-0.1, -0.05) is 77.6 Å². The quantitative estimate of drug-likeness (QED) is 0.408. The van der Waals surface area contributed by atoms with E-state index >= 15 is 0 Å². The molecular weight excluding hydrogens is 314 g/mol. The molecule has 0 aromatic carbocycles. The van der Waals surface area contributed by atoms with E-state index in [9.17, 15) is 14.7 Å². The molecule has 0 atom stereocenters. The molecule has 0 aromatic rings. The van der Waals surface area contributed by atoms with E-state index in [0.29, 0.717) is 13.0 Å². The minimum Gasteiger partial charge on any atom is -0.481 e. The number of carbonyl (C=O) groups excluding carboxylic acids is 1. The van der Waals surface area contributed by atoms with Crippen molar-refractivity contribution in [2.45, 2.75) is 110 Å². The maximum absolute atomic E-state index is 12.1. The monoisotopic (exact) mass is 353 g/mol. The van der Waals surface area contributed by atoms with Crippen LogP contribution in [0.5, 0.6) is 0 Å². The summed E-state index contributed by atoms with van der Waals surface area (Å²) in [5.41, 5.74) is -0.210. The topological polar surface area (TPSA) is 66.4 Å². The first-order chi connectivity index (χ1) is 12.1. The van der Waals surface area contributed by atoms with Gasteiger partial charge in [-0.3, -0.25) is 9.59 Å². The highest BCUT2D eigenvalue weighted by Crippen LogP contribution is 2.38. The van der Waals surface area contributed by atoms with Gasteiger partial charge in [0.2, 0.25) is 5.91 Å². The Hall–Kier alpha value is -1.06. The molecule has 0 aliphatic heterocycles. The summed E-state index contributed by atoms with van der Waals surface area (Å²) in [4.78, 5) is 23.2. The second-order valence-corrected chi connectivity index (χ2v) is 7.99. The molecule has 146 valence electrons. The summed E-state index contributed by atoms with van der Waals surface area (Å²) in [5, 5.41) is 12.2. The number of nitrogens with one attached hydrogen (secondary N) is 1. The molecule has 0 saturated heterocycles. The van der Waals surface area contributed by atoms with Crippen molar-refractivity contribution in [2.24, 2.45) is 5.41 Å². The van der Waals surface area contributed by atoms with Gasteiger partial charge >= 0.3 is 5.97 Å². The number of carboxylic acid groups (broad SMARTS) is 1. The molecule has 4 nitrogen and oxygen atoms in total. The number of carbonyl (C=O) groups is 2. The van der Waals surface area contributed by atoms with Crippen molar-refractivity contribution in [3.05, 3.63) is 0 Å². The van der Waals surface area contributed by atoms with E-state index < -0.39 is 5.97 Å². The van der Waals surface area contributed by atoms with Crippen LogP contribution in [0.3, 0.4) is 0 Å². The molecular formula is C21H39NO3. The van der Waals surface area contributed by atoms with Gasteiger partial charge in [0.25, 0.3) is 0 Å². The summed E-state index contributed by atoms with van der Waals surface area (Å²) in [5.74, 6) is -0.645. The van der Waals surface area contributed by atoms with Crippen LogP contribution < -0.4 is 5.32 Å². The number of rotatable bonds is 14. The second-order valence-electron chi connectivity index (χ2n) is 7.99. The van der Waals surface area contributed by atoms with Crippen molar-refractivity contribution in [1.29, 1.82) is 0 Å². The van der Waals surface area contributed by atoms with E-state index in [-0.39, 0.29) is 17.7 Å². The first kappa shape index (κ1) is 22.0. The lowest BCUT2D eigenvalue weighted by atomic mass is 9.71. The fourth-order valence-electron chi connectivity index (χ4n) is 4.01. The number of unbranched alkanes of at least 4 members (excludes halogenated alkanes) is 8. The molecule has 0 heterocycles. The molecule has 1 aliphatic carbocycles. The molecule has 1 amide bonds. The van der Waals surface area contributed by atoms with Crippen LogP contribution in [-0.4, -0.2) is 23.5 Å². The molecule has 2 N–H and O–H groups in total. The van der Waals surface area contributed by atoms with Crippen LogP contribution in [0, 0.1) is 5.41 Å². The molecule has 1 rings (SSSR count). The Morgan fingerprint density at radius 2 is 1.44 bits per heavy atom. The highest BCUT2D eigenvalue weighted by Gasteiger charge is 2.34. The minimum atomic E-state index is -0.741. The van der Waals surface area contributed by atoms with Crippen LogP contribution in [-0.2, 0) is 9.59 Å². The maximum Gasteiger partial charge on any atom is 0.303 e. The third kappa shape index (κ3) is 10.5. The highest BCUT2D eigenvalue weighted by atomic mass is 16.4. The van der Waals surface area contributed by atoms with Gasteiger partial charge in [0.05, 0.1) is 6.42 Å². The van der Waals surface area contributed by atoms with Crippen molar-refractivity contribution >= 4 is 11.9 Å². The van der Waals surface area contributed by atoms with Crippen LogP contribution in [0.25, 0.3) is 0 Å². The smallest absolute Gasteiger partial charge is 0.303 e. The van der Waals surface area contributed by atoms with Crippen LogP contribution in [0.1, 0.15) is 110 Å². The number of carboxylic acids is 1. The lowest BCUT2D eigenvalue weighted by Crippen LogP contribution is -2.40. The summed E-state index contributed by atoms with van der Waals surface area (Å²) in [7, 11) is 0. The number of hydrogen-bond acceptors (Lipinski definition) is 2. The van der Waals surface area contributed by atoms with Crippen LogP contribution >= 0.6 is 0 Å². The molecule has 0 aromatic heterocycles. The number of aliphatic carboxylic acids is 1. The maximum atomic E-state index is 12.1. The lowest BCUT2D eigenvalue weighted by molar-refractivity contribution is -0.140. The molecule has 0 unspecified atom stereocenters. The number of hydrogen-bond donors (Lipinski definition) is 2. The summed E-state index contributed by atoms with van der Waals surface area (Å²) < 4.78 is 0. The Labute approximate surface area is 154 Å². The predicted octanol–water partition coefficient (Wildman–Crippen LogP) is 5.45. The Morgan fingerprint density at radius 3 is 2.00 bits per heavy atom. The summed E-state index contributed by atoms with van der Waals surface area (Å²) in [6, 6.07) is 0. The fourth-order valence-corrected chi connectivity index (χ4v) is 4.01. The molecule has 0 bridgehead atoms. The van der Waals surface area contributed by atoms with Crippen LogP contribution in [0.2, 0.25) is 0 Å². The van der Waals surface area contributed by atoms with E-state index in [2.05, 4.69) is 12.2 Å². The predicted molar refractivity (Wildman–Crippen MR) is 103 cm³/mol. The van der Waals surface area contributed by atoms with Gasteiger partial charge in [0, 0.05) is 13.0 Å². The van der Waals surface area contributed by atoms with Crippen molar-refractivity contribution in [3.8, 4) is 0 Å². The van der Waals surface area contributed by atoms with Gasteiger partial charge in [-0.25, -0.2) is 0 Å². The molecule has 0 radical (unpaired) electrons. The Morgan fingerprint density at radius 1 is 0.880 bits per heavy atom. The van der Waals surface area contributed by atoms with Gasteiger partial charge in [-0.2, -0.15) is 0 Å². The van der Waals surface area contributed by atoms with Crippen molar-refractivity contribution in [3.63, 3.8) is 0 Å². The Kier molecular flexibility index (Phi) is 11.6. The van der Waals surface area contributed by atoms with E-state index in [1.165, 1.54) is 51.4 Å². The molecule has 4 heteroatoms. The van der Waals surface area contributed by atoms with Crippen molar-refractivity contribution in [1.82, 2.24) is 5.32 Å². The minimum absolute atomic E-state index is 0.0956. The SMILES string of the molecule is CCCCCCCCCCCC(=O)NCC1(CC(=O)O)CCCCC1. The first-order valence-electron chi connectivity index (χ1n) is 10.6. The van der Waals surface area contributed by atoms with E-state index in [1.54, 1.807) is 0 Å². The molecule has 0 spiro atoms. The van der Waals surface area contributed by atoms with E-state index in [4.69, 9.17) is 0 Å². The van der Waals surface area contributed by atoms with Gasteiger partial charge in [-0.15, -0.1) is 0 Å². The molecule has 25 heavy (non-hydrogen) atoms. The fraction of sp³-hybridized carbons (Fsp3) is 0.905. The van der Waals surface area contributed by atoms with Crippen LogP contribution in [0.4, 0.5) is 0 Å². The van der Waals surface area contributed by atoms with Crippen LogP contribution in [0.15, 0.2) is 0 Å². The average Bonchev–Trinajstić information content (AvgIpc) is 2.59. The largest absolute Gasteiger partial charge is 0.481 e. The van der Waals surface area contributed by atoms with Gasteiger partial charge in [0.15, 0.2) is 0 Å². The van der Waals surface area contributed by atoms with Crippen molar-refractivity contribution < 1.29 is 14.7 Å². The van der Waals surface area contributed by atoms with E-state index in [0.717, 1.165) is 38.5 Å². The zero-order valence-corrected chi connectivity index (χ0v) is 16.3. The van der Waals surface area contributed by atoms with E-state index in [1.807, 2.05) is 0 Å².